The molecular formula is C11H23F. The highest BCUT2D eigenvalue weighted by Crippen LogP contribution is 2.07. The molecule has 0 aliphatic rings. The van der Waals surface area contributed by atoms with Crippen molar-refractivity contribution in [2.24, 2.45) is 0 Å². The summed E-state index contributed by atoms with van der Waals surface area (Å²) in [7, 11) is 0. The molecule has 0 nitrogen and oxygen atoms in total. The van der Waals surface area contributed by atoms with Crippen molar-refractivity contribution in [1.82, 2.24) is 0 Å². The van der Waals surface area contributed by atoms with Crippen LogP contribution in [0.2, 0.25) is 0 Å². The van der Waals surface area contributed by atoms with E-state index in [1.54, 1.807) is 0 Å². The first kappa shape index (κ1) is 17.5. The van der Waals surface area contributed by atoms with E-state index in [-0.39, 0.29) is 0 Å². The van der Waals surface area contributed by atoms with Crippen LogP contribution in [0.3, 0.4) is 0 Å². The lowest BCUT2D eigenvalue weighted by Crippen LogP contribution is -1.96. The van der Waals surface area contributed by atoms with Gasteiger partial charge in [-0.15, -0.1) is 12.8 Å². The fourth-order valence-corrected chi connectivity index (χ4v) is 0.771. The SMILES string of the molecule is C#C.CC.CCCC(F)CCC. The first-order chi connectivity index (χ1) is 5.81. The van der Waals surface area contributed by atoms with Gasteiger partial charge in [0.25, 0.3) is 0 Å². The highest BCUT2D eigenvalue weighted by Gasteiger charge is 2.00. The maximum atomic E-state index is 12.4. The third kappa shape index (κ3) is 22.7. The summed E-state index contributed by atoms with van der Waals surface area (Å²) >= 11 is 0. The Balaban J connectivity index is -0.000000175. The van der Waals surface area contributed by atoms with Crippen molar-refractivity contribution < 1.29 is 4.39 Å². The molecule has 12 heavy (non-hydrogen) atoms. The largest absolute Gasteiger partial charge is 0.247 e. The quantitative estimate of drug-likeness (QED) is 0.560. The fraction of sp³-hybridized carbons (Fsp3) is 0.818. The number of alkyl halides is 1. The summed E-state index contributed by atoms with van der Waals surface area (Å²) in [5, 5.41) is 0. The zero-order chi connectivity index (χ0) is 10.4. The molecule has 0 fully saturated rings. The van der Waals surface area contributed by atoms with Gasteiger partial charge in [0, 0.05) is 0 Å². The van der Waals surface area contributed by atoms with Crippen molar-refractivity contribution in [3.8, 4) is 12.8 Å². The number of rotatable bonds is 4. The third-order valence-electron chi connectivity index (χ3n) is 1.20. The first-order valence-electron chi connectivity index (χ1n) is 4.78. The summed E-state index contributed by atoms with van der Waals surface area (Å²) in [6.07, 6.45) is 10.9. The van der Waals surface area contributed by atoms with Gasteiger partial charge in [0.05, 0.1) is 0 Å². The molecule has 0 heterocycles. The third-order valence-corrected chi connectivity index (χ3v) is 1.20. The van der Waals surface area contributed by atoms with Crippen LogP contribution in [0, 0.1) is 12.8 Å². The molecule has 0 spiro atoms. The van der Waals surface area contributed by atoms with Crippen LogP contribution in [0.5, 0.6) is 0 Å². The van der Waals surface area contributed by atoms with Gasteiger partial charge in [-0.05, 0) is 12.8 Å². The molecule has 0 rings (SSSR count). The van der Waals surface area contributed by atoms with E-state index in [0.717, 1.165) is 25.7 Å². The highest BCUT2D eigenvalue weighted by atomic mass is 19.1. The van der Waals surface area contributed by atoms with Crippen molar-refractivity contribution in [3.05, 3.63) is 0 Å². The monoisotopic (exact) mass is 174 g/mol. The Morgan fingerprint density at radius 3 is 1.42 bits per heavy atom. The summed E-state index contributed by atoms with van der Waals surface area (Å²) in [4.78, 5) is 0. The Bertz CT molecular complexity index is 60.6. The van der Waals surface area contributed by atoms with E-state index in [1.165, 1.54) is 0 Å². The molecule has 0 aromatic carbocycles. The van der Waals surface area contributed by atoms with Crippen molar-refractivity contribution in [2.75, 3.05) is 0 Å². The number of hydrogen-bond acceptors (Lipinski definition) is 0. The van der Waals surface area contributed by atoms with Gasteiger partial charge in [-0.3, -0.25) is 0 Å². The van der Waals surface area contributed by atoms with Crippen LogP contribution < -0.4 is 0 Å². The Kier molecular flexibility index (Phi) is 32.8. The van der Waals surface area contributed by atoms with Gasteiger partial charge >= 0.3 is 0 Å². The van der Waals surface area contributed by atoms with Crippen molar-refractivity contribution >= 4 is 0 Å². The van der Waals surface area contributed by atoms with Crippen molar-refractivity contribution in [3.63, 3.8) is 0 Å². The Labute approximate surface area is 77.6 Å². The summed E-state index contributed by atoms with van der Waals surface area (Å²) < 4.78 is 12.4. The van der Waals surface area contributed by atoms with Crippen molar-refractivity contribution in [1.29, 1.82) is 0 Å². The Morgan fingerprint density at radius 1 is 1.00 bits per heavy atom. The molecular weight excluding hydrogens is 151 g/mol. The molecule has 0 aliphatic carbocycles. The molecule has 0 amide bonds. The average molecular weight is 174 g/mol. The topological polar surface area (TPSA) is 0 Å². The minimum absolute atomic E-state index is 0.537. The first-order valence-corrected chi connectivity index (χ1v) is 4.78. The van der Waals surface area contributed by atoms with Gasteiger partial charge in [-0.25, -0.2) is 4.39 Å². The van der Waals surface area contributed by atoms with Crippen LogP contribution in [0.1, 0.15) is 53.4 Å². The molecule has 1 heteroatoms. The Morgan fingerprint density at radius 2 is 1.25 bits per heavy atom. The maximum Gasteiger partial charge on any atom is 0.100 e. The van der Waals surface area contributed by atoms with Gasteiger partial charge in [0.2, 0.25) is 0 Å². The van der Waals surface area contributed by atoms with E-state index >= 15 is 0 Å². The molecule has 0 unspecified atom stereocenters. The van der Waals surface area contributed by atoms with Crippen LogP contribution in [-0.2, 0) is 0 Å². The lowest BCUT2D eigenvalue weighted by atomic mass is 10.1. The normalized spacial score (nSPS) is 7.67. The highest BCUT2D eigenvalue weighted by molar-refractivity contribution is 4.51. The number of terminal acetylenes is 1. The maximum absolute atomic E-state index is 12.4. The Hall–Kier alpha value is -0.510. The summed E-state index contributed by atoms with van der Waals surface area (Å²) in [5.41, 5.74) is 0. The van der Waals surface area contributed by atoms with Crippen LogP contribution >= 0.6 is 0 Å². The van der Waals surface area contributed by atoms with E-state index in [1.807, 2.05) is 27.7 Å². The lowest BCUT2D eigenvalue weighted by Gasteiger charge is -2.01. The molecule has 0 radical (unpaired) electrons. The predicted octanol–water partition coefficient (Wildman–Crippen LogP) is 4.20. The van der Waals surface area contributed by atoms with E-state index in [2.05, 4.69) is 12.8 Å². The summed E-state index contributed by atoms with van der Waals surface area (Å²) in [6, 6.07) is 0. The minimum Gasteiger partial charge on any atom is -0.247 e. The molecule has 0 atom stereocenters. The zero-order valence-electron chi connectivity index (χ0n) is 8.94. The van der Waals surface area contributed by atoms with E-state index in [4.69, 9.17) is 0 Å². The summed E-state index contributed by atoms with van der Waals surface area (Å²) in [6.45, 7) is 8.03. The van der Waals surface area contributed by atoms with E-state index in [9.17, 15) is 4.39 Å². The molecule has 0 bridgehead atoms. The molecule has 0 aromatic heterocycles. The molecule has 74 valence electrons. The zero-order valence-corrected chi connectivity index (χ0v) is 8.94. The van der Waals surface area contributed by atoms with Gasteiger partial charge in [0.15, 0.2) is 0 Å². The van der Waals surface area contributed by atoms with Crippen molar-refractivity contribution in [2.45, 2.75) is 59.5 Å². The standard InChI is InChI=1S/C7H15F.C2H6.C2H2/c1-3-5-7(8)6-4-2;2*1-2/h7H,3-6H2,1-2H3;1-2H3;1-2H. The molecule has 0 saturated carbocycles. The van der Waals surface area contributed by atoms with Gasteiger partial charge < -0.3 is 0 Å². The second-order valence-electron chi connectivity index (χ2n) is 2.17. The predicted molar refractivity (Wildman–Crippen MR) is 56.0 cm³/mol. The van der Waals surface area contributed by atoms with E-state index < -0.39 is 6.17 Å². The molecule has 0 N–H and O–H groups in total. The average Bonchev–Trinajstić information content (AvgIpc) is 2.12. The molecule has 0 saturated heterocycles. The second-order valence-corrected chi connectivity index (χ2v) is 2.17. The summed E-state index contributed by atoms with van der Waals surface area (Å²) in [5.74, 6) is 0. The minimum atomic E-state index is -0.537. The molecule has 0 aromatic rings. The molecule has 0 aliphatic heterocycles. The van der Waals surface area contributed by atoms with Crippen LogP contribution in [0.4, 0.5) is 4.39 Å². The van der Waals surface area contributed by atoms with Gasteiger partial charge in [-0.2, -0.15) is 0 Å². The van der Waals surface area contributed by atoms with E-state index in [0.29, 0.717) is 0 Å². The second kappa shape index (κ2) is 22.4. The van der Waals surface area contributed by atoms with Crippen LogP contribution in [0.25, 0.3) is 0 Å². The van der Waals surface area contributed by atoms with Gasteiger partial charge in [-0.1, -0.05) is 40.5 Å². The number of halogens is 1. The lowest BCUT2D eigenvalue weighted by molar-refractivity contribution is 0.292. The smallest absolute Gasteiger partial charge is 0.100 e. The van der Waals surface area contributed by atoms with Crippen LogP contribution in [-0.4, -0.2) is 6.17 Å². The number of hydrogen-bond donors (Lipinski definition) is 0. The van der Waals surface area contributed by atoms with Crippen LogP contribution in [0.15, 0.2) is 0 Å². The van der Waals surface area contributed by atoms with Gasteiger partial charge in [0.1, 0.15) is 6.17 Å². The fourth-order valence-electron chi connectivity index (χ4n) is 0.771.